The maximum absolute atomic E-state index is 10.9. The predicted octanol–water partition coefficient (Wildman–Crippen LogP) is 2.18. The monoisotopic (exact) mass is 204 g/mol. The Bertz CT molecular complexity index is 413. The van der Waals surface area contributed by atoms with Gasteiger partial charge in [-0.05, 0) is 26.0 Å². The fraction of sp³-hybridized carbons (Fsp3) is 0.250. The van der Waals surface area contributed by atoms with Crippen molar-refractivity contribution < 1.29 is 14.6 Å². The summed E-state index contributed by atoms with van der Waals surface area (Å²) in [5.74, 6) is 1.70. The van der Waals surface area contributed by atoms with E-state index >= 15 is 0 Å². The number of hydrogen-bond acceptors (Lipinski definition) is 2. The van der Waals surface area contributed by atoms with Crippen molar-refractivity contribution in [2.75, 3.05) is 0 Å². The normalized spacial score (nSPS) is 10.5. The van der Waals surface area contributed by atoms with Crippen LogP contribution in [0.1, 0.15) is 24.2 Å². The van der Waals surface area contributed by atoms with Crippen LogP contribution in [0.3, 0.4) is 0 Å². The second-order valence-corrected chi connectivity index (χ2v) is 3.56. The second-order valence-electron chi connectivity index (χ2n) is 3.56. The zero-order valence-corrected chi connectivity index (χ0v) is 8.65. The van der Waals surface area contributed by atoms with Crippen LogP contribution in [0.25, 0.3) is 0 Å². The third-order valence-electron chi connectivity index (χ3n) is 1.83. The maximum atomic E-state index is 10.9. The summed E-state index contributed by atoms with van der Waals surface area (Å²) < 4.78 is 5.43. The first kappa shape index (κ1) is 11.1. The molecule has 3 nitrogen and oxygen atoms in total. The molecule has 78 valence electrons. The van der Waals surface area contributed by atoms with Crippen LogP contribution >= 0.6 is 0 Å². The summed E-state index contributed by atoms with van der Waals surface area (Å²) in [5.41, 5.74) is -0.702. The maximum Gasteiger partial charge on any atom is 0.339 e. The molecule has 1 N–H and O–H groups in total. The Balaban J connectivity index is 3.06. The second kappa shape index (κ2) is 4.05. The van der Waals surface area contributed by atoms with Crippen molar-refractivity contribution in [1.82, 2.24) is 0 Å². The summed E-state index contributed by atoms with van der Waals surface area (Å²) in [6, 6.07) is 6.40. The lowest BCUT2D eigenvalue weighted by molar-refractivity contribution is 0.0687. The molecular weight excluding hydrogens is 192 g/mol. The zero-order valence-electron chi connectivity index (χ0n) is 8.65. The topological polar surface area (TPSA) is 46.5 Å². The van der Waals surface area contributed by atoms with Gasteiger partial charge in [0, 0.05) is 0 Å². The van der Waals surface area contributed by atoms with E-state index in [1.165, 1.54) is 6.07 Å². The van der Waals surface area contributed by atoms with E-state index in [1.54, 1.807) is 32.0 Å². The van der Waals surface area contributed by atoms with Crippen molar-refractivity contribution >= 4 is 5.97 Å². The summed E-state index contributed by atoms with van der Waals surface area (Å²) in [6.07, 6.45) is 5.26. The molecule has 0 spiro atoms. The quantitative estimate of drug-likeness (QED) is 0.767. The highest BCUT2D eigenvalue weighted by atomic mass is 16.5. The van der Waals surface area contributed by atoms with Crippen LogP contribution in [0.4, 0.5) is 0 Å². The van der Waals surface area contributed by atoms with E-state index in [4.69, 9.17) is 16.3 Å². The van der Waals surface area contributed by atoms with Crippen molar-refractivity contribution in [2.45, 2.75) is 19.4 Å². The lowest BCUT2D eigenvalue weighted by Crippen LogP contribution is -2.26. The summed E-state index contributed by atoms with van der Waals surface area (Å²) in [7, 11) is 0. The van der Waals surface area contributed by atoms with E-state index in [9.17, 15) is 4.79 Å². The Morgan fingerprint density at radius 3 is 2.60 bits per heavy atom. The van der Waals surface area contributed by atoms with Gasteiger partial charge in [0.25, 0.3) is 0 Å². The fourth-order valence-corrected chi connectivity index (χ4v) is 1.04. The highest BCUT2D eigenvalue weighted by Crippen LogP contribution is 2.22. The summed E-state index contributed by atoms with van der Waals surface area (Å²) >= 11 is 0. The highest BCUT2D eigenvalue weighted by molar-refractivity contribution is 5.90. The summed E-state index contributed by atoms with van der Waals surface area (Å²) in [5, 5.41) is 8.90. The molecule has 0 bridgehead atoms. The molecule has 0 amide bonds. The number of carboxylic acids is 1. The molecule has 0 aliphatic rings. The molecule has 0 aliphatic carbocycles. The van der Waals surface area contributed by atoms with E-state index < -0.39 is 11.6 Å². The first-order valence-electron chi connectivity index (χ1n) is 4.45. The van der Waals surface area contributed by atoms with Crippen LogP contribution in [-0.4, -0.2) is 16.7 Å². The molecule has 0 heterocycles. The standard InChI is InChI=1S/C12H12O3/c1-4-12(2,3)15-10-8-6-5-7-9(10)11(13)14/h1,5-8H,2-3H3,(H,13,14). The lowest BCUT2D eigenvalue weighted by Gasteiger charge is -2.21. The Morgan fingerprint density at radius 2 is 2.07 bits per heavy atom. The van der Waals surface area contributed by atoms with Crippen molar-refractivity contribution in [2.24, 2.45) is 0 Å². The molecule has 0 radical (unpaired) electrons. The van der Waals surface area contributed by atoms with E-state index in [-0.39, 0.29) is 11.3 Å². The number of para-hydroxylation sites is 1. The number of carboxylic acid groups (broad SMARTS) is 1. The zero-order chi connectivity index (χ0) is 11.5. The molecular formula is C12H12O3. The van der Waals surface area contributed by atoms with Gasteiger partial charge >= 0.3 is 5.97 Å². The van der Waals surface area contributed by atoms with Gasteiger partial charge in [-0.2, -0.15) is 0 Å². The van der Waals surface area contributed by atoms with Crippen LogP contribution in [0.15, 0.2) is 24.3 Å². The SMILES string of the molecule is C#CC(C)(C)Oc1ccccc1C(=O)O. The average Bonchev–Trinajstić information content (AvgIpc) is 2.18. The molecule has 3 heteroatoms. The van der Waals surface area contributed by atoms with Gasteiger partial charge in [-0.3, -0.25) is 0 Å². The largest absolute Gasteiger partial charge is 0.478 e. The van der Waals surface area contributed by atoms with Gasteiger partial charge in [-0.25, -0.2) is 4.79 Å². The number of benzene rings is 1. The first-order chi connectivity index (χ1) is 6.96. The minimum absolute atomic E-state index is 0.112. The minimum Gasteiger partial charge on any atom is -0.478 e. The van der Waals surface area contributed by atoms with Gasteiger partial charge in [0.15, 0.2) is 5.60 Å². The van der Waals surface area contributed by atoms with Gasteiger partial charge in [0.2, 0.25) is 0 Å². The Morgan fingerprint density at radius 1 is 1.47 bits per heavy atom. The average molecular weight is 204 g/mol. The van der Waals surface area contributed by atoms with Gasteiger partial charge in [0.1, 0.15) is 11.3 Å². The molecule has 1 aromatic rings. The van der Waals surface area contributed by atoms with Gasteiger partial charge in [-0.15, -0.1) is 6.42 Å². The smallest absolute Gasteiger partial charge is 0.339 e. The molecule has 0 fully saturated rings. The predicted molar refractivity (Wildman–Crippen MR) is 56.9 cm³/mol. The van der Waals surface area contributed by atoms with Crippen LogP contribution < -0.4 is 4.74 Å². The van der Waals surface area contributed by atoms with Crippen LogP contribution in [0, 0.1) is 12.3 Å². The van der Waals surface area contributed by atoms with Gasteiger partial charge in [0.05, 0.1) is 0 Å². The van der Waals surface area contributed by atoms with Crippen molar-refractivity contribution in [3.8, 4) is 18.1 Å². The number of ether oxygens (including phenoxy) is 1. The van der Waals surface area contributed by atoms with E-state index in [2.05, 4.69) is 5.92 Å². The van der Waals surface area contributed by atoms with E-state index in [0.717, 1.165) is 0 Å². The Labute approximate surface area is 88.7 Å². The van der Waals surface area contributed by atoms with Crippen molar-refractivity contribution in [3.63, 3.8) is 0 Å². The third-order valence-corrected chi connectivity index (χ3v) is 1.83. The van der Waals surface area contributed by atoms with Crippen molar-refractivity contribution in [1.29, 1.82) is 0 Å². The molecule has 0 saturated carbocycles. The lowest BCUT2D eigenvalue weighted by atomic mass is 10.1. The van der Waals surface area contributed by atoms with Crippen LogP contribution in [0.2, 0.25) is 0 Å². The Hall–Kier alpha value is -1.95. The van der Waals surface area contributed by atoms with Crippen molar-refractivity contribution in [3.05, 3.63) is 29.8 Å². The summed E-state index contributed by atoms with van der Waals surface area (Å²) in [4.78, 5) is 10.9. The van der Waals surface area contributed by atoms with Crippen LogP contribution in [0.5, 0.6) is 5.75 Å². The highest BCUT2D eigenvalue weighted by Gasteiger charge is 2.19. The molecule has 0 unspecified atom stereocenters. The summed E-state index contributed by atoms with van der Waals surface area (Å²) in [6.45, 7) is 3.40. The minimum atomic E-state index is -1.03. The Kier molecular flexibility index (Phi) is 3.01. The molecule has 1 rings (SSSR count). The number of aromatic carboxylic acids is 1. The van der Waals surface area contributed by atoms with Gasteiger partial charge in [-0.1, -0.05) is 18.1 Å². The fourth-order valence-electron chi connectivity index (χ4n) is 1.04. The van der Waals surface area contributed by atoms with E-state index in [1.807, 2.05) is 0 Å². The molecule has 15 heavy (non-hydrogen) atoms. The van der Waals surface area contributed by atoms with Gasteiger partial charge < -0.3 is 9.84 Å². The number of rotatable bonds is 3. The van der Waals surface area contributed by atoms with E-state index in [0.29, 0.717) is 0 Å². The number of carbonyl (C=O) groups is 1. The number of terminal acetylenes is 1. The molecule has 0 aliphatic heterocycles. The number of hydrogen-bond donors (Lipinski definition) is 1. The molecule has 1 aromatic carbocycles. The van der Waals surface area contributed by atoms with Crippen LogP contribution in [-0.2, 0) is 0 Å². The molecule has 0 saturated heterocycles. The molecule has 0 aromatic heterocycles. The third kappa shape index (κ3) is 2.75. The first-order valence-corrected chi connectivity index (χ1v) is 4.45. The molecule has 0 atom stereocenters.